The van der Waals surface area contributed by atoms with Crippen LogP contribution in [0.15, 0.2) is 0 Å². The van der Waals surface area contributed by atoms with E-state index in [9.17, 15) is 4.79 Å². The van der Waals surface area contributed by atoms with Crippen molar-refractivity contribution in [1.82, 2.24) is 4.90 Å². The van der Waals surface area contributed by atoms with Crippen molar-refractivity contribution in [2.24, 2.45) is 5.73 Å². The van der Waals surface area contributed by atoms with Crippen LogP contribution in [0.4, 0.5) is 0 Å². The third kappa shape index (κ3) is 3.67. The van der Waals surface area contributed by atoms with Crippen LogP contribution in [0.2, 0.25) is 0 Å². The summed E-state index contributed by atoms with van der Waals surface area (Å²) < 4.78 is 0. The first-order chi connectivity index (χ1) is 7.70. The van der Waals surface area contributed by atoms with Crippen molar-refractivity contribution < 1.29 is 4.79 Å². The number of rotatable bonds is 6. The number of hydrogen-bond donors (Lipinski definition) is 1. The van der Waals surface area contributed by atoms with Crippen LogP contribution >= 0.6 is 11.8 Å². The fourth-order valence-corrected chi connectivity index (χ4v) is 2.88. The fourth-order valence-electron chi connectivity index (χ4n) is 2.39. The Morgan fingerprint density at radius 3 is 2.62 bits per heavy atom. The molecule has 1 saturated carbocycles. The molecular weight excluding hydrogens is 220 g/mol. The highest BCUT2D eigenvalue weighted by Crippen LogP contribution is 2.23. The second kappa shape index (κ2) is 7.17. The van der Waals surface area contributed by atoms with Crippen molar-refractivity contribution in [3.63, 3.8) is 0 Å². The zero-order chi connectivity index (χ0) is 12.0. The van der Waals surface area contributed by atoms with Gasteiger partial charge in [0.25, 0.3) is 0 Å². The van der Waals surface area contributed by atoms with Gasteiger partial charge in [-0.05, 0) is 38.2 Å². The number of thioether (sulfide) groups is 1. The van der Waals surface area contributed by atoms with Crippen LogP contribution in [0.25, 0.3) is 0 Å². The van der Waals surface area contributed by atoms with E-state index in [4.69, 9.17) is 5.73 Å². The molecule has 1 amide bonds. The first-order valence-corrected chi connectivity index (χ1v) is 7.65. The third-order valence-electron chi connectivity index (χ3n) is 3.34. The van der Waals surface area contributed by atoms with E-state index in [1.54, 1.807) is 11.8 Å². The lowest BCUT2D eigenvalue weighted by Crippen LogP contribution is -2.48. The number of nitrogens with two attached hydrogens (primary N) is 1. The molecule has 1 rings (SSSR count). The summed E-state index contributed by atoms with van der Waals surface area (Å²) in [4.78, 5) is 14.2. The van der Waals surface area contributed by atoms with Gasteiger partial charge in [0.2, 0.25) is 5.91 Å². The first kappa shape index (κ1) is 13.8. The number of likely N-dealkylation sites (N-methyl/N-ethyl adjacent to an activating group) is 1. The smallest absolute Gasteiger partial charge is 0.239 e. The van der Waals surface area contributed by atoms with Crippen LogP contribution in [0.3, 0.4) is 0 Å². The highest BCUT2D eigenvalue weighted by atomic mass is 32.2. The summed E-state index contributed by atoms with van der Waals surface area (Å²) in [5.74, 6) is 1.12. The number of nitrogens with zero attached hydrogens (tertiary/aromatic N) is 1. The molecule has 0 radical (unpaired) electrons. The molecule has 0 aromatic carbocycles. The minimum Gasteiger partial charge on any atom is -0.339 e. The van der Waals surface area contributed by atoms with E-state index in [0.29, 0.717) is 6.04 Å². The minimum absolute atomic E-state index is 0.156. The van der Waals surface area contributed by atoms with Crippen molar-refractivity contribution in [3.8, 4) is 0 Å². The van der Waals surface area contributed by atoms with Crippen LogP contribution in [0.5, 0.6) is 0 Å². The normalized spacial score (nSPS) is 18.7. The van der Waals surface area contributed by atoms with Gasteiger partial charge in [-0.3, -0.25) is 4.79 Å². The second-order valence-electron chi connectivity index (χ2n) is 4.45. The predicted octanol–water partition coefficient (Wildman–Crippen LogP) is 1.86. The molecule has 0 spiro atoms. The van der Waals surface area contributed by atoms with Gasteiger partial charge in [0.1, 0.15) is 0 Å². The maximum Gasteiger partial charge on any atom is 0.239 e. The van der Waals surface area contributed by atoms with Crippen molar-refractivity contribution >= 4 is 17.7 Å². The Hall–Kier alpha value is -0.220. The number of hydrogen-bond acceptors (Lipinski definition) is 3. The highest BCUT2D eigenvalue weighted by Gasteiger charge is 2.28. The molecule has 0 heterocycles. The van der Waals surface area contributed by atoms with Crippen LogP contribution in [0, 0.1) is 0 Å². The van der Waals surface area contributed by atoms with E-state index in [1.807, 2.05) is 11.2 Å². The molecular formula is C12H24N2OS. The van der Waals surface area contributed by atoms with Crippen LogP contribution < -0.4 is 5.73 Å². The number of amides is 1. The quantitative estimate of drug-likeness (QED) is 0.776. The van der Waals surface area contributed by atoms with Gasteiger partial charge >= 0.3 is 0 Å². The molecule has 1 fully saturated rings. The van der Waals surface area contributed by atoms with Crippen LogP contribution in [-0.4, -0.2) is 41.4 Å². The molecule has 0 aliphatic heterocycles. The number of carbonyl (C=O) groups excluding carboxylic acids is 1. The largest absolute Gasteiger partial charge is 0.339 e. The molecule has 1 aliphatic rings. The van der Waals surface area contributed by atoms with Gasteiger partial charge in [-0.25, -0.2) is 0 Å². The lowest BCUT2D eigenvalue weighted by atomic mass is 10.1. The molecule has 0 saturated heterocycles. The molecule has 4 heteroatoms. The SMILES string of the molecule is CCN(C(=O)[C@H](N)CCSC)C1CCCC1. The first-order valence-electron chi connectivity index (χ1n) is 6.25. The zero-order valence-electron chi connectivity index (χ0n) is 10.4. The van der Waals surface area contributed by atoms with Crippen molar-refractivity contribution in [2.45, 2.75) is 51.1 Å². The monoisotopic (exact) mass is 244 g/mol. The summed E-state index contributed by atoms with van der Waals surface area (Å²) in [5.41, 5.74) is 5.94. The van der Waals surface area contributed by atoms with Gasteiger partial charge in [-0.1, -0.05) is 12.8 Å². The Morgan fingerprint density at radius 1 is 1.50 bits per heavy atom. The average molecular weight is 244 g/mol. The average Bonchev–Trinajstić information content (AvgIpc) is 2.80. The molecule has 0 unspecified atom stereocenters. The summed E-state index contributed by atoms with van der Waals surface area (Å²) in [6, 6.07) is 0.158. The molecule has 16 heavy (non-hydrogen) atoms. The van der Waals surface area contributed by atoms with E-state index >= 15 is 0 Å². The van der Waals surface area contributed by atoms with E-state index in [0.717, 1.165) is 31.6 Å². The van der Waals surface area contributed by atoms with Gasteiger partial charge < -0.3 is 10.6 Å². The van der Waals surface area contributed by atoms with Gasteiger partial charge in [0, 0.05) is 12.6 Å². The van der Waals surface area contributed by atoms with Crippen LogP contribution in [-0.2, 0) is 4.79 Å². The molecule has 0 bridgehead atoms. The van der Waals surface area contributed by atoms with Gasteiger partial charge in [-0.2, -0.15) is 11.8 Å². The Labute approximate surface area is 103 Å². The Balaban J connectivity index is 2.47. The zero-order valence-corrected chi connectivity index (χ0v) is 11.3. The van der Waals surface area contributed by atoms with Crippen molar-refractivity contribution in [1.29, 1.82) is 0 Å². The van der Waals surface area contributed by atoms with Crippen molar-refractivity contribution in [2.75, 3.05) is 18.6 Å². The lowest BCUT2D eigenvalue weighted by molar-refractivity contribution is -0.134. The fraction of sp³-hybridized carbons (Fsp3) is 0.917. The Morgan fingerprint density at radius 2 is 2.12 bits per heavy atom. The topological polar surface area (TPSA) is 46.3 Å². The summed E-state index contributed by atoms with van der Waals surface area (Å²) in [7, 11) is 0. The molecule has 1 aliphatic carbocycles. The van der Waals surface area contributed by atoms with Gasteiger partial charge in [-0.15, -0.1) is 0 Å². The molecule has 94 valence electrons. The van der Waals surface area contributed by atoms with Gasteiger partial charge in [0.05, 0.1) is 6.04 Å². The maximum atomic E-state index is 12.2. The Kier molecular flexibility index (Phi) is 6.21. The predicted molar refractivity (Wildman–Crippen MR) is 70.6 cm³/mol. The number of carbonyl (C=O) groups is 1. The standard InChI is InChI=1S/C12H24N2OS/c1-3-14(10-6-4-5-7-10)12(15)11(13)8-9-16-2/h10-11H,3-9,13H2,1-2H3/t11-/m1/s1. The Bertz CT molecular complexity index is 217. The van der Waals surface area contributed by atoms with E-state index < -0.39 is 0 Å². The summed E-state index contributed by atoms with van der Waals surface area (Å²) in [5, 5.41) is 0. The molecule has 0 aromatic rings. The van der Waals surface area contributed by atoms with Crippen molar-refractivity contribution in [3.05, 3.63) is 0 Å². The lowest BCUT2D eigenvalue weighted by Gasteiger charge is -2.30. The summed E-state index contributed by atoms with van der Waals surface area (Å²) in [6.45, 7) is 2.86. The summed E-state index contributed by atoms with van der Waals surface area (Å²) in [6.07, 6.45) is 7.68. The third-order valence-corrected chi connectivity index (χ3v) is 3.98. The molecule has 0 aromatic heterocycles. The van der Waals surface area contributed by atoms with E-state index in [2.05, 4.69) is 6.92 Å². The van der Waals surface area contributed by atoms with E-state index in [-0.39, 0.29) is 11.9 Å². The minimum atomic E-state index is -0.298. The highest BCUT2D eigenvalue weighted by molar-refractivity contribution is 7.98. The second-order valence-corrected chi connectivity index (χ2v) is 5.44. The molecule has 2 N–H and O–H groups in total. The van der Waals surface area contributed by atoms with E-state index in [1.165, 1.54) is 12.8 Å². The molecule has 3 nitrogen and oxygen atoms in total. The summed E-state index contributed by atoms with van der Waals surface area (Å²) >= 11 is 1.75. The molecule has 1 atom stereocenters. The maximum absolute atomic E-state index is 12.2. The van der Waals surface area contributed by atoms with Crippen LogP contribution in [0.1, 0.15) is 39.0 Å². The van der Waals surface area contributed by atoms with Gasteiger partial charge in [0.15, 0.2) is 0 Å².